The average molecular weight is 251 g/mol. The zero-order chi connectivity index (χ0) is 13.3. The third kappa shape index (κ3) is 2.01. The van der Waals surface area contributed by atoms with Gasteiger partial charge < -0.3 is 19.9 Å². The summed E-state index contributed by atoms with van der Waals surface area (Å²) >= 11 is 0. The van der Waals surface area contributed by atoms with Crippen molar-refractivity contribution in [2.24, 2.45) is 11.1 Å². The van der Waals surface area contributed by atoms with Gasteiger partial charge in [-0.25, -0.2) is 0 Å². The van der Waals surface area contributed by atoms with Crippen molar-refractivity contribution in [2.75, 3.05) is 14.2 Å². The fourth-order valence-electron chi connectivity index (χ4n) is 2.19. The highest BCUT2D eigenvalue weighted by Crippen LogP contribution is 2.46. The van der Waals surface area contributed by atoms with Crippen LogP contribution in [0.1, 0.15) is 20.3 Å². The van der Waals surface area contributed by atoms with Gasteiger partial charge in [0.15, 0.2) is 11.5 Å². The van der Waals surface area contributed by atoms with E-state index in [4.69, 9.17) is 19.9 Å². The van der Waals surface area contributed by atoms with Gasteiger partial charge in [-0.2, -0.15) is 0 Å². The quantitative estimate of drug-likeness (QED) is 0.891. The Bertz CT molecular complexity index is 409. The van der Waals surface area contributed by atoms with Gasteiger partial charge in [0.05, 0.1) is 14.2 Å². The summed E-state index contributed by atoms with van der Waals surface area (Å²) in [4.78, 5) is 0. The molecule has 2 unspecified atom stereocenters. The van der Waals surface area contributed by atoms with Crippen LogP contribution >= 0.6 is 0 Å². The van der Waals surface area contributed by atoms with E-state index in [2.05, 4.69) is 13.8 Å². The molecular weight excluding hydrogens is 230 g/mol. The van der Waals surface area contributed by atoms with Crippen LogP contribution in [-0.4, -0.2) is 26.4 Å². The molecule has 4 heteroatoms. The zero-order valence-corrected chi connectivity index (χ0v) is 11.4. The number of rotatable bonds is 4. The number of benzene rings is 1. The van der Waals surface area contributed by atoms with Crippen molar-refractivity contribution in [2.45, 2.75) is 32.4 Å². The van der Waals surface area contributed by atoms with E-state index in [1.807, 2.05) is 18.2 Å². The van der Waals surface area contributed by atoms with Crippen LogP contribution in [0.4, 0.5) is 0 Å². The molecule has 0 heterocycles. The van der Waals surface area contributed by atoms with Gasteiger partial charge in [-0.1, -0.05) is 19.9 Å². The largest absolute Gasteiger partial charge is 0.493 e. The lowest BCUT2D eigenvalue weighted by atomic mass is 9.65. The Morgan fingerprint density at radius 3 is 2.11 bits per heavy atom. The highest BCUT2D eigenvalue weighted by molar-refractivity contribution is 5.51. The normalized spacial score (nSPS) is 25.2. The van der Waals surface area contributed by atoms with E-state index in [-0.39, 0.29) is 17.6 Å². The second-order valence-corrected chi connectivity index (χ2v) is 5.26. The van der Waals surface area contributed by atoms with E-state index in [0.29, 0.717) is 17.2 Å². The van der Waals surface area contributed by atoms with E-state index in [0.717, 1.165) is 6.42 Å². The predicted molar refractivity (Wildman–Crippen MR) is 70.3 cm³/mol. The second-order valence-electron chi connectivity index (χ2n) is 5.26. The molecule has 1 aliphatic rings. The molecular formula is C14H21NO3. The lowest BCUT2D eigenvalue weighted by Gasteiger charge is -2.49. The summed E-state index contributed by atoms with van der Waals surface area (Å²) in [6.45, 7) is 4.24. The first-order valence-corrected chi connectivity index (χ1v) is 6.14. The van der Waals surface area contributed by atoms with Gasteiger partial charge in [-0.3, -0.25) is 0 Å². The Kier molecular flexibility index (Phi) is 3.39. The van der Waals surface area contributed by atoms with Crippen molar-refractivity contribution in [1.82, 2.24) is 0 Å². The summed E-state index contributed by atoms with van der Waals surface area (Å²) in [6, 6.07) is 5.79. The molecule has 18 heavy (non-hydrogen) atoms. The molecule has 0 aliphatic heterocycles. The number of hydrogen-bond acceptors (Lipinski definition) is 4. The Morgan fingerprint density at radius 1 is 1.17 bits per heavy atom. The van der Waals surface area contributed by atoms with Crippen molar-refractivity contribution in [1.29, 1.82) is 0 Å². The van der Waals surface area contributed by atoms with Crippen molar-refractivity contribution >= 4 is 0 Å². The second kappa shape index (κ2) is 4.69. The molecule has 1 aliphatic carbocycles. The summed E-state index contributed by atoms with van der Waals surface area (Å²) in [5.41, 5.74) is 5.98. The van der Waals surface area contributed by atoms with Crippen molar-refractivity contribution in [3.63, 3.8) is 0 Å². The zero-order valence-electron chi connectivity index (χ0n) is 11.4. The molecule has 2 N–H and O–H groups in total. The summed E-state index contributed by atoms with van der Waals surface area (Å²) in [7, 11) is 3.25. The van der Waals surface area contributed by atoms with E-state index in [9.17, 15) is 0 Å². The molecule has 4 nitrogen and oxygen atoms in total. The van der Waals surface area contributed by atoms with Crippen LogP contribution in [0.3, 0.4) is 0 Å². The lowest BCUT2D eigenvalue weighted by Crippen LogP contribution is -2.60. The molecule has 100 valence electrons. The van der Waals surface area contributed by atoms with Crippen LogP contribution in [0.5, 0.6) is 17.2 Å². The molecule has 0 amide bonds. The van der Waals surface area contributed by atoms with E-state index < -0.39 is 0 Å². The van der Waals surface area contributed by atoms with Crippen molar-refractivity contribution in [3.8, 4) is 17.2 Å². The maximum absolute atomic E-state index is 6.05. The van der Waals surface area contributed by atoms with Gasteiger partial charge in [-0.05, 0) is 12.1 Å². The number of para-hydroxylation sites is 1. The molecule has 0 saturated heterocycles. The summed E-state index contributed by atoms with van der Waals surface area (Å²) in [6.07, 6.45) is 0.950. The highest BCUT2D eigenvalue weighted by atomic mass is 16.5. The van der Waals surface area contributed by atoms with Gasteiger partial charge in [0.1, 0.15) is 6.10 Å². The Balaban J connectivity index is 2.24. The topological polar surface area (TPSA) is 53.7 Å². The molecule has 1 aromatic carbocycles. The predicted octanol–water partition coefficient (Wildman–Crippen LogP) is 2.21. The molecule has 1 fully saturated rings. The average Bonchev–Trinajstić information content (AvgIpc) is 2.38. The summed E-state index contributed by atoms with van der Waals surface area (Å²) < 4.78 is 16.7. The van der Waals surface area contributed by atoms with Crippen LogP contribution in [0.15, 0.2) is 18.2 Å². The number of hydrogen-bond donors (Lipinski definition) is 1. The monoisotopic (exact) mass is 251 g/mol. The minimum absolute atomic E-state index is 0.0220. The van der Waals surface area contributed by atoms with Crippen LogP contribution in [0.25, 0.3) is 0 Å². The number of methoxy groups -OCH3 is 2. The van der Waals surface area contributed by atoms with Gasteiger partial charge in [-0.15, -0.1) is 0 Å². The van der Waals surface area contributed by atoms with Crippen LogP contribution in [-0.2, 0) is 0 Å². The van der Waals surface area contributed by atoms with Crippen molar-refractivity contribution < 1.29 is 14.2 Å². The van der Waals surface area contributed by atoms with Gasteiger partial charge in [0.2, 0.25) is 5.75 Å². The molecule has 0 bridgehead atoms. The fraction of sp³-hybridized carbons (Fsp3) is 0.571. The van der Waals surface area contributed by atoms with Crippen LogP contribution in [0.2, 0.25) is 0 Å². The molecule has 2 rings (SSSR count). The molecule has 1 saturated carbocycles. The summed E-state index contributed by atoms with van der Waals surface area (Å²) in [5, 5.41) is 0. The Labute approximate surface area is 108 Å². The van der Waals surface area contributed by atoms with Gasteiger partial charge >= 0.3 is 0 Å². The minimum Gasteiger partial charge on any atom is -0.493 e. The molecule has 1 aromatic rings. The first kappa shape index (κ1) is 13.0. The summed E-state index contributed by atoms with van der Waals surface area (Å²) in [5.74, 6) is 2.03. The van der Waals surface area contributed by atoms with Gasteiger partial charge in [0, 0.05) is 17.9 Å². The van der Waals surface area contributed by atoms with E-state index in [1.54, 1.807) is 14.2 Å². The standard InChI is InChI=1S/C14H21NO3/c1-14(2)11(15)8-12(14)18-13-9(16-3)6-5-7-10(13)17-4/h5-7,11-12H,8,15H2,1-4H3. The SMILES string of the molecule is COc1cccc(OC)c1OC1CC(N)C1(C)C. The first-order valence-electron chi connectivity index (χ1n) is 6.14. The maximum atomic E-state index is 6.05. The minimum atomic E-state index is -0.0220. The maximum Gasteiger partial charge on any atom is 0.203 e. The van der Waals surface area contributed by atoms with Crippen LogP contribution in [0, 0.1) is 5.41 Å². The van der Waals surface area contributed by atoms with Crippen LogP contribution < -0.4 is 19.9 Å². The number of nitrogens with two attached hydrogens (primary N) is 1. The first-order chi connectivity index (χ1) is 8.50. The van der Waals surface area contributed by atoms with E-state index in [1.165, 1.54) is 0 Å². The Morgan fingerprint density at radius 2 is 1.72 bits per heavy atom. The van der Waals surface area contributed by atoms with Gasteiger partial charge in [0.25, 0.3) is 0 Å². The smallest absolute Gasteiger partial charge is 0.203 e. The highest BCUT2D eigenvalue weighted by Gasteiger charge is 2.48. The number of ether oxygens (including phenoxy) is 3. The van der Waals surface area contributed by atoms with E-state index >= 15 is 0 Å². The molecule has 0 aromatic heterocycles. The third-order valence-electron chi connectivity index (χ3n) is 3.90. The third-order valence-corrected chi connectivity index (χ3v) is 3.90. The lowest BCUT2D eigenvalue weighted by molar-refractivity contribution is -0.0422. The Hall–Kier alpha value is -1.42. The fourth-order valence-corrected chi connectivity index (χ4v) is 2.19. The molecule has 2 atom stereocenters. The molecule has 0 spiro atoms. The van der Waals surface area contributed by atoms with Crippen molar-refractivity contribution in [3.05, 3.63) is 18.2 Å². The molecule has 0 radical (unpaired) electrons.